The van der Waals surface area contributed by atoms with E-state index in [1.54, 1.807) is 59.8 Å². The number of aryl methyl sites for hydroxylation is 1. The molecule has 1 aromatic heterocycles. The summed E-state index contributed by atoms with van der Waals surface area (Å²) >= 11 is 0. The number of likely N-dealkylation sites (N-methyl/N-ethyl adjacent to an activating group) is 2. The Balaban J connectivity index is 1.43. The van der Waals surface area contributed by atoms with E-state index in [0.29, 0.717) is 32.4 Å². The predicted octanol–water partition coefficient (Wildman–Crippen LogP) is 4.53. The number of nitrogens with zero attached hydrogens (tertiary/aromatic N) is 3. The molecule has 4 heterocycles. The van der Waals surface area contributed by atoms with Crippen LogP contribution in [0, 0.1) is 11.8 Å². The van der Waals surface area contributed by atoms with E-state index >= 15 is 0 Å². The molecule has 5 rings (SSSR count). The average molecular weight is 988 g/mol. The second-order valence-corrected chi connectivity index (χ2v) is 20.1. The van der Waals surface area contributed by atoms with Crippen molar-refractivity contribution in [2.75, 3.05) is 41.3 Å². The van der Waals surface area contributed by atoms with E-state index in [0.717, 1.165) is 35.6 Å². The smallest absolute Gasteiger partial charge is 0.309 e. The molecule has 3 aliphatic heterocycles. The average Bonchev–Trinajstić information content (AvgIpc) is 3.30. The maximum atomic E-state index is 14.2. The Morgan fingerprint density at radius 3 is 2.37 bits per heavy atom. The lowest BCUT2D eigenvalue weighted by molar-refractivity contribution is -0.344. The van der Waals surface area contributed by atoms with E-state index in [4.69, 9.17) is 37.9 Å². The fourth-order valence-corrected chi connectivity index (χ4v) is 10.4. The van der Waals surface area contributed by atoms with Crippen LogP contribution >= 0.6 is 0 Å². The van der Waals surface area contributed by atoms with Crippen LogP contribution in [-0.2, 0) is 63.5 Å². The van der Waals surface area contributed by atoms with E-state index in [9.17, 15) is 34.5 Å². The summed E-state index contributed by atoms with van der Waals surface area (Å²) in [4.78, 5) is 60.5. The summed E-state index contributed by atoms with van der Waals surface area (Å²) in [7, 11) is 6.86. The molecule has 3 aliphatic rings. The molecule has 70 heavy (non-hydrogen) atoms. The van der Waals surface area contributed by atoms with Crippen molar-refractivity contribution in [2.24, 2.45) is 11.8 Å². The minimum absolute atomic E-state index is 0.00827. The lowest BCUT2D eigenvalue weighted by atomic mass is 9.82. The van der Waals surface area contributed by atoms with Gasteiger partial charge in [0.25, 0.3) is 0 Å². The highest BCUT2D eigenvalue weighted by Gasteiger charge is 2.53. The van der Waals surface area contributed by atoms with Crippen LogP contribution in [0.3, 0.4) is 0 Å². The number of para-hydroxylation sites is 1. The first-order valence-corrected chi connectivity index (χ1v) is 25.2. The normalized spacial score (nSPS) is 35.5. The summed E-state index contributed by atoms with van der Waals surface area (Å²) in [6, 6.07) is 9.19. The van der Waals surface area contributed by atoms with Crippen molar-refractivity contribution in [1.29, 1.82) is 0 Å². The number of aliphatic hydroxyl groups excluding tert-OH is 2. The van der Waals surface area contributed by atoms with E-state index in [1.807, 2.05) is 43.1 Å². The summed E-state index contributed by atoms with van der Waals surface area (Å²) < 4.78 is 50.0. The molecule has 1 aromatic carbocycles. The zero-order chi connectivity index (χ0) is 51.3. The molecule has 18 nitrogen and oxygen atoms in total. The Morgan fingerprint density at radius 1 is 0.986 bits per heavy atom. The number of β-amino-alcohol motifs (C(OH)–C–C–N with tert-alkyl or cyclic N) is 1. The number of ether oxygens (including phenoxy) is 8. The topological polar surface area (TPSA) is 222 Å². The Labute approximate surface area is 413 Å². The number of aromatic nitrogens is 1. The SMILES string of the molecule is CCC(=O)O[C@@H]1CC(=O)O[C@H](CCCc2ccnc3ccccc23)CCCN(C)C[C@H](O)[C@H](C)C[C@H](CC=O)[C@H](O[C@@H]2OC(C)[C@@H](O[C@H]3CC(C)(O)[C@@H](OC(=O)CC)C(C)O3)C(N(C)C)C2O)[C@H]1OC. The van der Waals surface area contributed by atoms with Gasteiger partial charge in [-0.25, -0.2) is 0 Å². The third-order valence-corrected chi connectivity index (χ3v) is 14.2. The van der Waals surface area contributed by atoms with E-state index in [2.05, 4.69) is 11.1 Å². The number of esters is 3. The van der Waals surface area contributed by atoms with Crippen LogP contribution in [-0.4, -0.2) is 181 Å². The molecule has 3 fully saturated rings. The number of aldehydes is 1. The van der Waals surface area contributed by atoms with Gasteiger partial charge in [-0.05, 0) is 117 Å². The molecule has 0 radical (unpaired) electrons. The number of benzene rings is 1. The van der Waals surface area contributed by atoms with Crippen molar-refractivity contribution in [2.45, 2.75) is 197 Å². The Bertz CT molecular complexity index is 1970. The third kappa shape index (κ3) is 15.4. The van der Waals surface area contributed by atoms with Crippen LogP contribution < -0.4 is 0 Å². The van der Waals surface area contributed by atoms with Crippen molar-refractivity contribution in [3.63, 3.8) is 0 Å². The fourth-order valence-electron chi connectivity index (χ4n) is 10.4. The second-order valence-electron chi connectivity index (χ2n) is 20.1. The minimum atomic E-state index is -1.50. The fraction of sp³-hybridized carbons (Fsp3) is 0.750. The number of rotatable bonds is 16. The van der Waals surface area contributed by atoms with Gasteiger partial charge < -0.3 is 67.8 Å². The van der Waals surface area contributed by atoms with E-state index < -0.39 is 116 Å². The van der Waals surface area contributed by atoms with E-state index in [-0.39, 0.29) is 38.0 Å². The molecule has 3 saturated heterocycles. The van der Waals surface area contributed by atoms with Crippen LogP contribution in [0.4, 0.5) is 0 Å². The molecule has 394 valence electrons. The van der Waals surface area contributed by atoms with Gasteiger partial charge in [0.15, 0.2) is 18.7 Å². The summed E-state index contributed by atoms with van der Waals surface area (Å²) in [5.74, 6) is -2.75. The summed E-state index contributed by atoms with van der Waals surface area (Å²) in [5, 5.41) is 36.5. The second kappa shape index (κ2) is 26.8. The molecule has 16 atom stereocenters. The predicted molar refractivity (Wildman–Crippen MR) is 258 cm³/mol. The quantitative estimate of drug-likeness (QED) is 0.119. The Morgan fingerprint density at radius 2 is 1.70 bits per heavy atom. The number of methoxy groups -OCH3 is 1. The number of hydrogen-bond donors (Lipinski definition) is 3. The first-order valence-electron chi connectivity index (χ1n) is 25.2. The van der Waals surface area contributed by atoms with Gasteiger partial charge >= 0.3 is 17.9 Å². The summed E-state index contributed by atoms with van der Waals surface area (Å²) in [5.41, 5.74) is 0.554. The highest BCUT2D eigenvalue weighted by Crippen LogP contribution is 2.38. The first kappa shape index (κ1) is 57.2. The van der Waals surface area contributed by atoms with Crippen LogP contribution in [0.5, 0.6) is 0 Å². The molecule has 0 bridgehead atoms. The molecule has 18 heteroatoms. The number of hydrogen-bond acceptors (Lipinski definition) is 18. The molecule has 0 aliphatic carbocycles. The Hall–Kier alpha value is -3.69. The lowest BCUT2D eigenvalue weighted by Crippen LogP contribution is -2.66. The minimum Gasteiger partial charge on any atom is -0.462 e. The zero-order valence-electron chi connectivity index (χ0n) is 43.0. The van der Waals surface area contributed by atoms with Crippen LogP contribution in [0.25, 0.3) is 10.9 Å². The van der Waals surface area contributed by atoms with Gasteiger partial charge in [0.1, 0.15) is 42.4 Å². The maximum Gasteiger partial charge on any atom is 0.309 e. The van der Waals surface area contributed by atoms with Crippen molar-refractivity contribution in [3.05, 3.63) is 42.1 Å². The number of carbonyl (C=O) groups is 4. The monoisotopic (exact) mass is 988 g/mol. The van der Waals surface area contributed by atoms with Crippen LogP contribution in [0.2, 0.25) is 0 Å². The van der Waals surface area contributed by atoms with Crippen molar-refractivity contribution < 1.29 is 72.4 Å². The first-order chi connectivity index (χ1) is 33.3. The number of cyclic esters (lactones) is 1. The largest absolute Gasteiger partial charge is 0.462 e. The standard InChI is InChI=1S/C52H81N3O15/c1-11-41(58)67-40-28-43(60)66-36(18-15-17-34-22-24-53-38-21-14-13-20-37(34)38)19-16-25-55(9)30-39(57)31(3)27-35(23-26-56)48(49(40)63-10)70-51-46(61)45(54(7)8)47(32(4)65-51)69-44-29-52(6,62)50(33(5)64-44)68-42(59)12-2/h13-14,20-22,24,26,31-33,35-36,39-40,44-51,57,61-62H,11-12,15-19,23,25,27-30H2,1-10H3/t31-,32?,33?,35+,36-,39+,40-,44+,45?,46?,47-,48+,49+,50+,51+,52?/m1/s1. The number of pyridine rings is 1. The van der Waals surface area contributed by atoms with Gasteiger partial charge in [-0.1, -0.05) is 39.0 Å². The highest BCUT2D eigenvalue weighted by atomic mass is 16.7. The summed E-state index contributed by atoms with van der Waals surface area (Å²) in [6.07, 6.45) is -6.24. The van der Waals surface area contributed by atoms with Crippen LogP contribution in [0.15, 0.2) is 36.5 Å². The number of fused-ring (bicyclic) bond motifs is 1. The Kier molecular flexibility index (Phi) is 21.9. The number of carbonyl (C=O) groups excluding carboxylic acids is 4. The van der Waals surface area contributed by atoms with Crippen molar-refractivity contribution in [1.82, 2.24) is 14.8 Å². The van der Waals surface area contributed by atoms with Gasteiger partial charge in [0, 0.05) is 50.9 Å². The van der Waals surface area contributed by atoms with Gasteiger partial charge in [-0.15, -0.1) is 0 Å². The summed E-state index contributed by atoms with van der Waals surface area (Å²) in [6.45, 7) is 11.2. The molecule has 0 spiro atoms. The van der Waals surface area contributed by atoms with Crippen molar-refractivity contribution in [3.8, 4) is 0 Å². The van der Waals surface area contributed by atoms with Gasteiger partial charge in [-0.3, -0.25) is 19.4 Å². The third-order valence-electron chi connectivity index (χ3n) is 14.2. The van der Waals surface area contributed by atoms with Crippen LogP contribution in [0.1, 0.15) is 111 Å². The molecular formula is C52H81N3O15. The maximum absolute atomic E-state index is 14.2. The highest BCUT2D eigenvalue weighted by molar-refractivity contribution is 5.81. The van der Waals surface area contributed by atoms with Crippen molar-refractivity contribution >= 4 is 35.1 Å². The molecule has 3 N–H and O–H groups in total. The molecule has 2 aromatic rings. The lowest BCUT2D eigenvalue weighted by Gasteiger charge is -2.50. The van der Waals surface area contributed by atoms with Gasteiger partial charge in [-0.2, -0.15) is 0 Å². The van der Waals surface area contributed by atoms with Gasteiger partial charge in [0.2, 0.25) is 0 Å². The molecule has 0 amide bonds. The van der Waals surface area contributed by atoms with Gasteiger partial charge in [0.05, 0.1) is 42.4 Å². The van der Waals surface area contributed by atoms with E-state index in [1.165, 1.54) is 7.11 Å². The zero-order valence-corrected chi connectivity index (χ0v) is 43.0. The number of aliphatic hydroxyl groups is 3. The molecular weight excluding hydrogens is 907 g/mol. The molecule has 5 unspecified atom stereocenters. The molecule has 0 saturated carbocycles.